The topological polar surface area (TPSA) is 66.5 Å². The molecule has 1 N–H and O–H groups in total. The highest BCUT2D eigenvalue weighted by Crippen LogP contribution is 2.21. The average molecular weight is 399 g/mol. The van der Waals surface area contributed by atoms with Crippen molar-refractivity contribution in [1.29, 1.82) is 0 Å². The number of anilines is 1. The molecular formula is C17H19ClN2O3S2. The van der Waals surface area contributed by atoms with Crippen molar-refractivity contribution in [2.75, 3.05) is 29.4 Å². The molecule has 0 saturated heterocycles. The molecule has 0 aliphatic rings. The number of benzene rings is 2. The summed E-state index contributed by atoms with van der Waals surface area (Å²) in [6.07, 6.45) is 1.06. The van der Waals surface area contributed by atoms with Crippen LogP contribution < -0.4 is 9.62 Å². The first-order chi connectivity index (χ1) is 11.9. The Morgan fingerprint density at radius 1 is 1.16 bits per heavy atom. The normalized spacial score (nSPS) is 11.1. The monoisotopic (exact) mass is 398 g/mol. The van der Waals surface area contributed by atoms with Crippen LogP contribution in [0.15, 0.2) is 59.5 Å². The first kappa shape index (κ1) is 19.6. The zero-order valence-corrected chi connectivity index (χ0v) is 16.1. The first-order valence-electron chi connectivity index (χ1n) is 7.54. The van der Waals surface area contributed by atoms with Crippen molar-refractivity contribution in [3.63, 3.8) is 0 Å². The Bertz CT molecular complexity index is 814. The van der Waals surface area contributed by atoms with E-state index in [0.29, 0.717) is 23.0 Å². The number of carbonyl (C=O) groups is 1. The lowest BCUT2D eigenvalue weighted by molar-refractivity contribution is -0.119. The maximum absolute atomic E-state index is 12.1. The molecule has 8 heteroatoms. The highest BCUT2D eigenvalue weighted by Gasteiger charge is 2.20. The summed E-state index contributed by atoms with van der Waals surface area (Å²) in [7, 11) is -3.59. The maximum atomic E-state index is 12.1. The van der Waals surface area contributed by atoms with Crippen molar-refractivity contribution in [3.05, 3.63) is 59.6 Å². The van der Waals surface area contributed by atoms with Crippen LogP contribution in [0.4, 0.5) is 5.69 Å². The fourth-order valence-corrected chi connectivity index (χ4v) is 3.92. The number of hydrogen-bond acceptors (Lipinski definition) is 4. The van der Waals surface area contributed by atoms with Crippen LogP contribution in [0.1, 0.15) is 0 Å². The Labute approximate surface area is 157 Å². The Hall–Kier alpha value is -1.70. The van der Waals surface area contributed by atoms with Crippen molar-refractivity contribution in [3.8, 4) is 0 Å². The minimum atomic E-state index is -3.59. The summed E-state index contributed by atoms with van der Waals surface area (Å²) in [5, 5.41) is 3.15. The molecular weight excluding hydrogens is 380 g/mol. The average Bonchev–Trinajstić information content (AvgIpc) is 2.56. The van der Waals surface area contributed by atoms with E-state index in [1.165, 1.54) is 6.07 Å². The molecule has 0 radical (unpaired) electrons. The molecule has 2 aromatic carbocycles. The van der Waals surface area contributed by atoms with Gasteiger partial charge in [0, 0.05) is 22.2 Å². The van der Waals surface area contributed by atoms with Crippen LogP contribution in [0.3, 0.4) is 0 Å². The second-order valence-corrected chi connectivity index (χ2v) is 8.77. The number of hydrogen-bond donors (Lipinski definition) is 1. The van der Waals surface area contributed by atoms with E-state index in [9.17, 15) is 13.2 Å². The van der Waals surface area contributed by atoms with Gasteiger partial charge in [-0.1, -0.05) is 35.9 Å². The second-order valence-electron chi connectivity index (χ2n) is 5.26. The number of amides is 1. The van der Waals surface area contributed by atoms with Crippen LogP contribution in [-0.2, 0) is 14.8 Å². The van der Waals surface area contributed by atoms with Crippen molar-refractivity contribution < 1.29 is 13.2 Å². The molecule has 5 nitrogen and oxygen atoms in total. The Balaban J connectivity index is 1.89. The van der Waals surface area contributed by atoms with E-state index < -0.39 is 10.0 Å². The second kappa shape index (κ2) is 9.12. The third kappa shape index (κ3) is 6.61. The fourth-order valence-electron chi connectivity index (χ4n) is 2.09. The zero-order chi connectivity index (χ0) is 18.3. The summed E-state index contributed by atoms with van der Waals surface area (Å²) in [6.45, 7) is 0.167. The van der Waals surface area contributed by atoms with Gasteiger partial charge < -0.3 is 5.32 Å². The smallest absolute Gasteiger partial charge is 0.240 e. The van der Waals surface area contributed by atoms with E-state index in [-0.39, 0.29) is 12.5 Å². The predicted octanol–water partition coefficient (Wildman–Crippen LogP) is 3.01. The molecule has 134 valence electrons. The largest absolute Gasteiger partial charge is 0.354 e. The summed E-state index contributed by atoms with van der Waals surface area (Å²) in [4.78, 5) is 13.2. The highest BCUT2D eigenvalue weighted by atomic mass is 35.5. The van der Waals surface area contributed by atoms with Crippen LogP contribution in [0.25, 0.3) is 0 Å². The van der Waals surface area contributed by atoms with Crippen LogP contribution in [0, 0.1) is 0 Å². The minimum Gasteiger partial charge on any atom is -0.354 e. The van der Waals surface area contributed by atoms with Gasteiger partial charge in [-0.2, -0.15) is 0 Å². The van der Waals surface area contributed by atoms with E-state index in [1.807, 2.05) is 30.3 Å². The third-order valence-electron chi connectivity index (χ3n) is 3.22. The van der Waals surface area contributed by atoms with Gasteiger partial charge in [0.2, 0.25) is 15.9 Å². The number of nitrogens with zero attached hydrogens (tertiary/aromatic N) is 1. The molecule has 0 fully saturated rings. The van der Waals surface area contributed by atoms with Gasteiger partial charge >= 0.3 is 0 Å². The zero-order valence-electron chi connectivity index (χ0n) is 13.7. The van der Waals surface area contributed by atoms with Crippen LogP contribution >= 0.6 is 23.4 Å². The van der Waals surface area contributed by atoms with E-state index in [0.717, 1.165) is 15.5 Å². The van der Waals surface area contributed by atoms with Crippen molar-refractivity contribution in [2.45, 2.75) is 4.90 Å². The Kier molecular flexibility index (Phi) is 7.16. The van der Waals surface area contributed by atoms with E-state index in [4.69, 9.17) is 11.6 Å². The molecule has 0 aromatic heterocycles. The van der Waals surface area contributed by atoms with Crippen molar-refractivity contribution in [2.24, 2.45) is 0 Å². The molecule has 2 rings (SSSR count). The maximum Gasteiger partial charge on any atom is 0.240 e. The van der Waals surface area contributed by atoms with Gasteiger partial charge in [-0.3, -0.25) is 9.10 Å². The minimum absolute atomic E-state index is 0.283. The summed E-state index contributed by atoms with van der Waals surface area (Å²) in [6, 6.07) is 16.3. The van der Waals surface area contributed by atoms with Crippen LogP contribution in [0.2, 0.25) is 5.02 Å². The summed E-state index contributed by atoms with van der Waals surface area (Å²) in [5.74, 6) is 0.338. The summed E-state index contributed by atoms with van der Waals surface area (Å²) in [5.41, 5.74) is 0.365. The van der Waals surface area contributed by atoms with Crippen LogP contribution in [-0.4, -0.2) is 39.4 Å². The lowest BCUT2D eigenvalue weighted by Gasteiger charge is -2.22. The SMILES string of the molecule is CS(=O)(=O)N(CC(=O)NCCSc1ccccc1)c1cccc(Cl)c1. The number of halogens is 1. The molecule has 0 unspecified atom stereocenters. The van der Waals surface area contributed by atoms with Crippen LogP contribution in [0.5, 0.6) is 0 Å². The molecule has 0 aliphatic carbocycles. The predicted molar refractivity (Wildman–Crippen MR) is 104 cm³/mol. The lowest BCUT2D eigenvalue weighted by Crippen LogP contribution is -2.41. The fraction of sp³-hybridized carbons (Fsp3) is 0.235. The number of thioether (sulfide) groups is 1. The summed E-state index contributed by atoms with van der Waals surface area (Å²) >= 11 is 7.53. The van der Waals surface area contributed by atoms with E-state index >= 15 is 0 Å². The molecule has 0 atom stereocenters. The molecule has 0 spiro atoms. The Morgan fingerprint density at radius 3 is 2.52 bits per heavy atom. The highest BCUT2D eigenvalue weighted by molar-refractivity contribution is 7.99. The van der Waals surface area contributed by atoms with Crippen molar-refractivity contribution >= 4 is 45.0 Å². The van der Waals surface area contributed by atoms with E-state index in [1.54, 1.807) is 30.0 Å². The molecule has 2 aromatic rings. The number of nitrogens with one attached hydrogen (secondary N) is 1. The molecule has 25 heavy (non-hydrogen) atoms. The summed E-state index contributed by atoms with van der Waals surface area (Å²) < 4.78 is 25.0. The van der Waals surface area contributed by atoms with Gasteiger partial charge in [-0.25, -0.2) is 8.42 Å². The first-order valence-corrected chi connectivity index (χ1v) is 10.8. The third-order valence-corrected chi connectivity index (χ3v) is 5.61. The van der Waals surface area contributed by atoms with E-state index in [2.05, 4.69) is 5.32 Å². The van der Waals surface area contributed by atoms with Gasteiger partial charge in [0.05, 0.1) is 11.9 Å². The quantitative estimate of drug-likeness (QED) is 0.548. The Morgan fingerprint density at radius 2 is 1.88 bits per heavy atom. The number of carbonyl (C=O) groups excluding carboxylic acids is 1. The van der Waals surface area contributed by atoms with Gasteiger partial charge in [0.25, 0.3) is 0 Å². The number of sulfonamides is 1. The van der Waals surface area contributed by atoms with Gasteiger partial charge in [-0.05, 0) is 30.3 Å². The molecule has 0 saturated carbocycles. The number of rotatable bonds is 8. The molecule has 0 heterocycles. The molecule has 0 aliphatic heterocycles. The van der Waals surface area contributed by atoms with Gasteiger partial charge in [0.1, 0.15) is 6.54 Å². The van der Waals surface area contributed by atoms with Crippen molar-refractivity contribution in [1.82, 2.24) is 5.32 Å². The molecule has 1 amide bonds. The lowest BCUT2D eigenvalue weighted by atomic mass is 10.3. The van der Waals surface area contributed by atoms with Gasteiger partial charge in [0.15, 0.2) is 0 Å². The molecule has 0 bridgehead atoms. The standard InChI is InChI=1S/C17H19ClN2O3S2/c1-25(22,23)20(15-7-5-6-14(18)12-15)13-17(21)19-10-11-24-16-8-3-2-4-9-16/h2-9,12H,10-11,13H2,1H3,(H,19,21). The van der Waals surface area contributed by atoms with Gasteiger partial charge in [-0.15, -0.1) is 11.8 Å².